The number of hydrogen-bond donors (Lipinski definition) is 0. The highest BCUT2D eigenvalue weighted by atomic mass is 16.1. The average molecular weight is 177 g/mol. The fourth-order valence-corrected chi connectivity index (χ4v) is 2.01. The maximum atomic E-state index is 11.5. The summed E-state index contributed by atoms with van der Waals surface area (Å²) in [5.41, 5.74) is 0. The summed E-state index contributed by atoms with van der Waals surface area (Å²) in [4.78, 5) is 13.8. The quantitative estimate of drug-likeness (QED) is 0.605. The lowest BCUT2D eigenvalue weighted by atomic mass is 10.0. The molecule has 1 saturated heterocycles. The second-order valence-corrected chi connectivity index (χ2v) is 3.69. The van der Waals surface area contributed by atoms with Gasteiger partial charge in [0.05, 0.1) is 6.04 Å². The molecule has 0 amide bonds. The van der Waals surface area contributed by atoms with Crippen molar-refractivity contribution < 1.29 is 4.79 Å². The lowest BCUT2D eigenvalue weighted by Crippen LogP contribution is -2.42. The van der Waals surface area contributed by atoms with Crippen molar-refractivity contribution in [2.24, 2.45) is 0 Å². The average Bonchev–Trinajstić information content (AvgIpc) is 2.20. The largest absolute Gasteiger partial charge is 0.293 e. The molecule has 0 N–H and O–H groups in total. The first-order valence-corrected chi connectivity index (χ1v) is 5.01. The van der Waals surface area contributed by atoms with Gasteiger partial charge in [0.25, 0.3) is 0 Å². The van der Waals surface area contributed by atoms with E-state index in [2.05, 4.69) is 4.90 Å². The Hall–Kier alpha value is -0.890. The minimum atomic E-state index is 0.0327. The van der Waals surface area contributed by atoms with E-state index in [0.717, 1.165) is 13.1 Å². The van der Waals surface area contributed by atoms with E-state index in [-0.39, 0.29) is 11.8 Å². The van der Waals surface area contributed by atoms with Crippen molar-refractivity contribution >= 4 is 5.78 Å². The minimum absolute atomic E-state index is 0.0327. The first-order chi connectivity index (χ1) is 6.38. The topological polar surface area (TPSA) is 20.3 Å². The van der Waals surface area contributed by atoms with E-state index in [9.17, 15) is 4.79 Å². The number of nitrogens with zero attached hydrogens (tertiary/aromatic N) is 1. The number of carbonyl (C=O) groups excluding carboxylic acids is 1. The van der Waals surface area contributed by atoms with Crippen LogP contribution >= 0.6 is 0 Å². The molecular weight excluding hydrogens is 162 g/mol. The van der Waals surface area contributed by atoms with Crippen molar-refractivity contribution in [3.63, 3.8) is 0 Å². The summed E-state index contributed by atoms with van der Waals surface area (Å²) in [6, 6.07) is 0.0327. The summed E-state index contributed by atoms with van der Waals surface area (Å²) >= 11 is 0. The number of allylic oxidation sites excluding steroid dienone is 2. The van der Waals surface area contributed by atoms with Crippen molar-refractivity contribution in [3.8, 4) is 0 Å². The molecule has 1 unspecified atom stereocenters. The highest BCUT2D eigenvalue weighted by Crippen LogP contribution is 2.15. The van der Waals surface area contributed by atoms with Gasteiger partial charge in [0.1, 0.15) is 0 Å². The minimum Gasteiger partial charge on any atom is -0.293 e. The summed E-state index contributed by atoms with van der Waals surface area (Å²) in [6.07, 6.45) is 11.3. The molecule has 2 nitrogen and oxygen atoms in total. The Bertz CT molecular complexity index is 249. The Kier molecular flexibility index (Phi) is 2.60. The van der Waals surface area contributed by atoms with Crippen LogP contribution in [-0.2, 0) is 4.79 Å². The van der Waals surface area contributed by atoms with E-state index in [4.69, 9.17) is 0 Å². The van der Waals surface area contributed by atoms with E-state index in [1.54, 1.807) is 6.08 Å². The van der Waals surface area contributed by atoms with Gasteiger partial charge in [-0.25, -0.2) is 0 Å². The van der Waals surface area contributed by atoms with Gasteiger partial charge < -0.3 is 0 Å². The monoisotopic (exact) mass is 177 g/mol. The Balaban J connectivity index is 2.02. The summed E-state index contributed by atoms with van der Waals surface area (Å²) in [5, 5.41) is 0. The van der Waals surface area contributed by atoms with Gasteiger partial charge in [-0.3, -0.25) is 9.69 Å². The third-order valence-electron chi connectivity index (χ3n) is 2.74. The molecule has 70 valence electrons. The van der Waals surface area contributed by atoms with E-state index in [1.165, 1.54) is 19.3 Å². The van der Waals surface area contributed by atoms with Crippen molar-refractivity contribution in [2.75, 3.05) is 13.1 Å². The van der Waals surface area contributed by atoms with E-state index >= 15 is 0 Å². The lowest BCUT2D eigenvalue weighted by Gasteiger charge is -2.31. The van der Waals surface area contributed by atoms with Crippen molar-refractivity contribution in [3.05, 3.63) is 24.3 Å². The summed E-state index contributed by atoms with van der Waals surface area (Å²) < 4.78 is 0. The van der Waals surface area contributed by atoms with Gasteiger partial charge in [0.2, 0.25) is 0 Å². The SMILES string of the molecule is O=C1C=CC=CC1N1CCCCC1. The van der Waals surface area contributed by atoms with Crippen LogP contribution in [0.4, 0.5) is 0 Å². The molecule has 0 aromatic heterocycles. The zero-order chi connectivity index (χ0) is 9.10. The molecule has 0 saturated carbocycles. The standard InChI is InChI=1S/C11H15NO/c13-11-7-3-2-6-10(11)12-8-4-1-5-9-12/h2-3,6-7,10H,1,4-5,8-9H2. The Morgan fingerprint density at radius 3 is 2.62 bits per heavy atom. The van der Waals surface area contributed by atoms with Crippen LogP contribution in [0, 0.1) is 0 Å². The molecule has 1 fully saturated rings. The summed E-state index contributed by atoms with van der Waals surface area (Å²) in [5.74, 6) is 0.240. The third-order valence-corrected chi connectivity index (χ3v) is 2.74. The van der Waals surface area contributed by atoms with Crippen molar-refractivity contribution in [2.45, 2.75) is 25.3 Å². The molecular formula is C11H15NO. The van der Waals surface area contributed by atoms with Crippen LogP contribution in [0.3, 0.4) is 0 Å². The molecule has 0 aromatic rings. The highest BCUT2D eigenvalue weighted by molar-refractivity contribution is 5.97. The highest BCUT2D eigenvalue weighted by Gasteiger charge is 2.23. The number of likely N-dealkylation sites (tertiary alicyclic amines) is 1. The van der Waals surface area contributed by atoms with E-state index < -0.39 is 0 Å². The normalized spacial score (nSPS) is 29.5. The molecule has 2 aliphatic rings. The first kappa shape index (κ1) is 8.70. The second kappa shape index (κ2) is 3.88. The predicted octanol–water partition coefficient (Wildman–Crippen LogP) is 1.54. The maximum Gasteiger partial charge on any atom is 0.176 e. The first-order valence-electron chi connectivity index (χ1n) is 5.01. The molecule has 1 aliphatic carbocycles. The fourth-order valence-electron chi connectivity index (χ4n) is 2.01. The summed E-state index contributed by atoms with van der Waals surface area (Å²) in [6.45, 7) is 2.16. The van der Waals surface area contributed by atoms with Gasteiger partial charge in [-0.15, -0.1) is 0 Å². The predicted molar refractivity (Wildman–Crippen MR) is 52.5 cm³/mol. The number of carbonyl (C=O) groups is 1. The molecule has 0 spiro atoms. The number of ketones is 1. The van der Waals surface area contributed by atoms with Gasteiger partial charge in [0, 0.05) is 0 Å². The smallest absolute Gasteiger partial charge is 0.176 e. The molecule has 0 bridgehead atoms. The molecule has 0 aromatic carbocycles. The molecule has 1 aliphatic heterocycles. The lowest BCUT2D eigenvalue weighted by molar-refractivity contribution is -0.118. The van der Waals surface area contributed by atoms with E-state index in [0.29, 0.717) is 0 Å². The van der Waals surface area contributed by atoms with Crippen LogP contribution < -0.4 is 0 Å². The Morgan fingerprint density at radius 1 is 1.15 bits per heavy atom. The van der Waals surface area contributed by atoms with Gasteiger partial charge in [-0.1, -0.05) is 24.6 Å². The van der Waals surface area contributed by atoms with Crippen LogP contribution in [0.5, 0.6) is 0 Å². The summed E-state index contributed by atoms with van der Waals surface area (Å²) in [7, 11) is 0. The van der Waals surface area contributed by atoms with E-state index in [1.807, 2.05) is 18.2 Å². The number of rotatable bonds is 1. The zero-order valence-electron chi connectivity index (χ0n) is 7.78. The van der Waals surface area contributed by atoms with Crippen LogP contribution in [0.25, 0.3) is 0 Å². The Morgan fingerprint density at radius 2 is 1.92 bits per heavy atom. The van der Waals surface area contributed by atoms with Crippen molar-refractivity contribution in [1.82, 2.24) is 4.90 Å². The van der Waals surface area contributed by atoms with Crippen LogP contribution in [-0.4, -0.2) is 29.8 Å². The van der Waals surface area contributed by atoms with Gasteiger partial charge in [-0.05, 0) is 32.0 Å². The van der Waals surface area contributed by atoms with Crippen LogP contribution in [0.2, 0.25) is 0 Å². The Labute approximate surface area is 78.9 Å². The number of hydrogen-bond acceptors (Lipinski definition) is 2. The van der Waals surface area contributed by atoms with Gasteiger partial charge in [-0.2, -0.15) is 0 Å². The van der Waals surface area contributed by atoms with Crippen LogP contribution in [0.1, 0.15) is 19.3 Å². The van der Waals surface area contributed by atoms with Crippen LogP contribution in [0.15, 0.2) is 24.3 Å². The molecule has 1 heterocycles. The molecule has 1 atom stereocenters. The second-order valence-electron chi connectivity index (χ2n) is 3.69. The zero-order valence-corrected chi connectivity index (χ0v) is 7.78. The molecule has 0 radical (unpaired) electrons. The third kappa shape index (κ3) is 1.89. The fraction of sp³-hybridized carbons (Fsp3) is 0.545. The molecule has 2 heteroatoms. The van der Waals surface area contributed by atoms with Crippen molar-refractivity contribution in [1.29, 1.82) is 0 Å². The number of piperidine rings is 1. The molecule has 2 rings (SSSR count). The molecule has 13 heavy (non-hydrogen) atoms. The maximum absolute atomic E-state index is 11.5. The van der Waals surface area contributed by atoms with Gasteiger partial charge in [0.15, 0.2) is 5.78 Å². The van der Waals surface area contributed by atoms with Gasteiger partial charge >= 0.3 is 0 Å².